The SMILES string of the molecule is O=C(Nc1ccon1)c1ccc(C#CCO)s1. The van der Waals surface area contributed by atoms with Gasteiger partial charge < -0.3 is 14.9 Å². The van der Waals surface area contributed by atoms with Gasteiger partial charge in [-0.15, -0.1) is 11.3 Å². The van der Waals surface area contributed by atoms with E-state index in [0.717, 1.165) is 4.88 Å². The summed E-state index contributed by atoms with van der Waals surface area (Å²) < 4.78 is 4.60. The van der Waals surface area contributed by atoms with E-state index in [-0.39, 0.29) is 12.5 Å². The molecule has 0 aliphatic rings. The van der Waals surface area contributed by atoms with Crippen LogP contribution in [-0.2, 0) is 0 Å². The summed E-state index contributed by atoms with van der Waals surface area (Å²) in [5.74, 6) is 5.36. The van der Waals surface area contributed by atoms with Gasteiger partial charge in [0, 0.05) is 6.07 Å². The molecule has 2 aromatic heterocycles. The quantitative estimate of drug-likeness (QED) is 0.786. The molecule has 2 aromatic rings. The summed E-state index contributed by atoms with van der Waals surface area (Å²) in [7, 11) is 0. The lowest BCUT2D eigenvalue weighted by Crippen LogP contribution is -2.09. The summed E-state index contributed by atoms with van der Waals surface area (Å²) in [6.07, 6.45) is 1.38. The van der Waals surface area contributed by atoms with Crippen LogP contribution >= 0.6 is 11.3 Å². The monoisotopic (exact) mass is 248 g/mol. The minimum atomic E-state index is -0.263. The number of rotatable bonds is 2. The number of amides is 1. The molecule has 0 bridgehead atoms. The lowest BCUT2D eigenvalue weighted by Gasteiger charge is -1.96. The highest BCUT2D eigenvalue weighted by Crippen LogP contribution is 2.16. The van der Waals surface area contributed by atoms with Crippen molar-refractivity contribution in [2.75, 3.05) is 11.9 Å². The minimum Gasteiger partial charge on any atom is -0.384 e. The standard InChI is InChI=1S/C11H8N2O3S/c14-6-1-2-8-3-4-9(17-8)11(15)12-10-5-7-16-13-10/h3-5,7,14H,6H2,(H,12,13,15). The van der Waals surface area contributed by atoms with E-state index in [9.17, 15) is 4.79 Å². The van der Waals surface area contributed by atoms with Crippen LogP contribution in [0.15, 0.2) is 29.0 Å². The summed E-state index contributed by atoms with van der Waals surface area (Å²) >= 11 is 1.25. The Balaban J connectivity index is 2.07. The van der Waals surface area contributed by atoms with Crippen molar-refractivity contribution in [3.8, 4) is 11.8 Å². The number of carbonyl (C=O) groups is 1. The van der Waals surface area contributed by atoms with E-state index in [4.69, 9.17) is 5.11 Å². The number of aromatic nitrogens is 1. The molecule has 6 heteroatoms. The van der Waals surface area contributed by atoms with Gasteiger partial charge in [0.2, 0.25) is 0 Å². The summed E-state index contributed by atoms with van der Waals surface area (Å²) in [6.45, 7) is -0.196. The third-order valence-electron chi connectivity index (χ3n) is 1.80. The van der Waals surface area contributed by atoms with Gasteiger partial charge in [-0.1, -0.05) is 17.0 Å². The molecule has 0 aliphatic heterocycles. The molecule has 0 spiro atoms. The first-order chi connectivity index (χ1) is 8.29. The van der Waals surface area contributed by atoms with E-state index in [0.29, 0.717) is 10.7 Å². The van der Waals surface area contributed by atoms with Crippen LogP contribution in [0.5, 0.6) is 0 Å². The predicted octanol–water partition coefficient (Wildman–Crippen LogP) is 1.33. The lowest BCUT2D eigenvalue weighted by molar-refractivity contribution is 0.102. The Morgan fingerprint density at radius 2 is 2.41 bits per heavy atom. The van der Waals surface area contributed by atoms with E-state index in [1.54, 1.807) is 18.2 Å². The summed E-state index contributed by atoms with van der Waals surface area (Å²) in [4.78, 5) is 13.0. The average Bonchev–Trinajstić information content (AvgIpc) is 2.96. The molecule has 0 aromatic carbocycles. The Kier molecular flexibility index (Phi) is 3.55. The zero-order valence-corrected chi connectivity index (χ0v) is 9.45. The second kappa shape index (κ2) is 5.30. The maximum Gasteiger partial charge on any atom is 0.267 e. The van der Waals surface area contributed by atoms with Crippen LogP contribution in [0, 0.1) is 11.8 Å². The minimum absolute atomic E-state index is 0.196. The van der Waals surface area contributed by atoms with Gasteiger partial charge in [-0.2, -0.15) is 0 Å². The number of nitrogens with one attached hydrogen (secondary N) is 1. The summed E-state index contributed by atoms with van der Waals surface area (Å²) in [5, 5.41) is 14.7. The van der Waals surface area contributed by atoms with E-state index < -0.39 is 0 Å². The molecule has 86 valence electrons. The van der Waals surface area contributed by atoms with Crippen LogP contribution in [0.2, 0.25) is 0 Å². The molecule has 0 atom stereocenters. The van der Waals surface area contributed by atoms with Crippen molar-refractivity contribution < 1.29 is 14.4 Å². The van der Waals surface area contributed by atoms with Gasteiger partial charge >= 0.3 is 0 Å². The highest BCUT2D eigenvalue weighted by molar-refractivity contribution is 7.14. The molecule has 0 radical (unpaired) electrons. The fourth-order valence-corrected chi connectivity index (χ4v) is 1.88. The Morgan fingerprint density at radius 3 is 3.12 bits per heavy atom. The normalized spacial score (nSPS) is 9.47. The topological polar surface area (TPSA) is 75.4 Å². The van der Waals surface area contributed by atoms with E-state index in [2.05, 4.69) is 26.8 Å². The van der Waals surface area contributed by atoms with Gasteiger partial charge in [-0.05, 0) is 12.1 Å². The van der Waals surface area contributed by atoms with Crippen LogP contribution in [-0.4, -0.2) is 22.8 Å². The van der Waals surface area contributed by atoms with Gasteiger partial charge in [0.15, 0.2) is 5.82 Å². The molecule has 0 fully saturated rings. The number of hydrogen-bond acceptors (Lipinski definition) is 5. The highest BCUT2D eigenvalue weighted by atomic mass is 32.1. The maximum atomic E-state index is 11.7. The third kappa shape index (κ3) is 2.93. The van der Waals surface area contributed by atoms with Gasteiger partial charge in [-0.25, -0.2) is 0 Å². The van der Waals surface area contributed by atoms with Crippen molar-refractivity contribution in [2.24, 2.45) is 0 Å². The summed E-state index contributed by atoms with van der Waals surface area (Å²) in [5.41, 5.74) is 0. The van der Waals surface area contributed by atoms with E-state index >= 15 is 0 Å². The van der Waals surface area contributed by atoms with Gasteiger partial charge in [0.25, 0.3) is 5.91 Å². The number of aliphatic hydroxyl groups excluding tert-OH is 1. The molecule has 2 N–H and O–H groups in total. The van der Waals surface area contributed by atoms with Crippen LogP contribution in [0.4, 0.5) is 5.82 Å². The Labute approximate surface area is 101 Å². The van der Waals surface area contributed by atoms with Gasteiger partial charge in [0.05, 0.1) is 9.75 Å². The number of anilines is 1. The summed E-state index contributed by atoms with van der Waals surface area (Å²) in [6, 6.07) is 4.95. The first-order valence-corrected chi connectivity index (χ1v) is 5.52. The van der Waals surface area contributed by atoms with Crippen LogP contribution < -0.4 is 5.32 Å². The van der Waals surface area contributed by atoms with Crippen molar-refractivity contribution >= 4 is 23.1 Å². The van der Waals surface area contributed by atoms with Gasteiger partial charge in [0.1, 0.15) is 12.9 Å². The van der Waals surface area contributed by atoms with Gasteiger partial charge in [-0.3, -0.25) is 4.79 Å². The average molecular weight is 248 g/mol. The number of thiophene rings is 1. The molecule has 0 unspecified atom stereocenters. The molecule has 2 rings (SSSR count). The molecule has 2 heterocycles. The van der Waals surface area contributed by atoms with Crippen molar-refractivity contribution in [2.45, 2.75) is 0 Å². The fourth-order valence-electron chi connectivity index (χ4n) is 1.11. The fraction of sp³-hybridized carbons (Fsp3) is 0.0909. The second-order valence-electron chi connectivity index (χ2n) is 2.96. The first kappa shape index (κ1) is 11.4. The molecule has 17 heavy (non-hydrogen) atoms. The van der Waals surface area contributed by atoms with Crippen molar-refractivity contribution in [3.63, 3.8) is 0 Å². The largest absolute Gasteiger partial charge is 0.384 e. The number of aliphatic hydroxyl groups is 1. The third-order valence-corrected chi connectivity index (χ3v) is 2.80. The molecule has 0 saturated heterocycles. The first-order valence-electron chi connectivity index (χ1n) is 4.71. The van der Waals surface area contributed by atoms with Crippen molar-refractivity contribution in [1.82, 2.24) is 5.16 Å². The maximum absolute atomic E-state index is 11.7. The van der Waals surface area contributed by atoms with Crippen molar-refractivity contribution in [1.29, 1.82) is 0 Å². The number of hydrogen-bond donors (Lipinski definition) is 2. The molecule has 5 nitrogen and oxygen atoms in total. The Morgan fingerprint density at radius 1 is 1.53 bits per heavy atom. The molecule has 0 saturated carbocycles. The Hall–Kier alpha value is -2.10. The van der Waals surface area contributed by atoms with Crippen molar-refractivity contribution in [3.05, 3.63) is 34.2 Å². The van der Waals surface area contributed by atoms with E-state index in [1.165, 1.54) is 17.6 Å². The molecular weight excluding hydrogens is 240 g/mol. The van der Waals surface area contributed by atoms with Crippen LogP contribution in [0.3, 0.4) is 0 Å². The lowest BCUT2D eigenvalue weighted by atomic mass is 10.4. The predicted molar refractivity (Wildman–Crippen MR) is 62.7 cm³/mol. The molecular formula is C11H8N2O3S. The van der Waals surface area contributed by atoms with Crippen LogP contribution in [0.25, 0.3) is 0 Å². The highest BCUT2D eigenvalue weighted by Gasteiger charge is 2.09. The zero-order chi connectivity index (χ0) is 12.1. The van der Waals surface area contributed by atoms with Crippen LogP contribution in [0.1, 0.15) is 14.5 Å². The molecule has 1 amide bonds. The zero-order valence-electron chi connectivity index (χ0n) is 8.64. The number of nitrogens with zero attached hydrogens (tertiary/aromatic N) is 1. The second-order valence-corrected chi connectivity index (χ2v) is 4.05. The molecule has 0 aliphatic carbocycles. The smallest absolute Gasteiger partial charge is 0.267 e. The van der Waals surface area contributed by atoms with E-state index in [1.807, 2.05) is 0 Å². The Bertz CT molecular complexity index is 563. The number of carbonyl (C=O) groups excluding carboxylic acids is 1.